The van der Waals surface area contributed by atoms with Gasteiger partial charge in [0.2, 0.25) is 0 Å². The van der Waals surface area contributed by atoms with Crippen LogP contribution in [0.3, 0.4) is 0 Å². The van der Waals surface area contributed by atoms with Crippen molar-refractivity contribution in [2.24, 2.45) is 0 Å². The van der Waals surface area contributed by atoms with Gasteiger partial charge in [0.25, 0.3) is 0 Å². The van der Waals surface area contributed by atoms with Gasteiger partial charge >= 0.3 is 0 Å². The predicted octanol–water partition coefficient (Wildman–Crippen LogP) is -3.33. The second kappa shape index (κ2) is 6.76. The monoisotopic (exact) mass is 198 g/mol. The fraction of sp³-hybridized carbons (Fsp3) is 0. The third-order valence-corrected chi connectivity index (χ3v) is 2.90. The van der Waals surface area contributed by atoms with E-state index in [9.17, 15) is 0 Å². The summed E-state index contributed by atoms with van der Waals surface area (Å²) in [6.45, 7) is -0.277. The van der Waals surface area contributed by atoms with E-state index in [1.807, 2.05) is 30.3 Å². The Kier molecular flexibility index (Phi) is 5.96. The lowest BCUT2D eigenvalue weighted by Crippen LogP contribution is -2.68. The zero-order valence-electron chi connectivity index (χ0n) is 9.74. The molecule has 12 radical (unpaired) electrons. The van der Waals surface area contributed by atoms with Crippen molar-refractivity contribution in [3.05, 3.63) is 30.3 Å². The number of hydrogen-bond acceptors (Lipinski definition) is 0. The van der Waals surface area contributed by atoms with Crippen LogP contribution in [0.5, 0.6) is 0 Å². The van der Waals surface area contributed by atoms with Gasteiger partial charge in [-0.2, -0.15) is 0 Å². The standard InChI is InChI=1S/C6H5B11/c7-14(8)13(6-4-2-1-3-5-6)16(11)17(12)15(9)10/h1-5H. The first-order valence-corrected chi connectivity index (χ1v) is 5.53. The lowest BCUT2D eigenvalue weighted by Gasteiger charge is -2.29. The molecule has 0 saturated heterocycles. The second-order valence-electron chi connectivity index (χ2n) is 4.25. The first-order chi connectivity index (χ1) is 7.95. The summed E-state index contributed by atoms with van der Waals surface area (Å²) in [7, 11) is 34.5. The number of benzene rings is 1. The zero-order chi connectivity index (χ0) is 13.0. The minimum absolute atomic E-state index is 0.277. The highest BCUT2D eigenvalue weighted by molar-refractivity contribution is 7.99. The maximum Gasteiger partial charge on any atom is 0.0804 e. The summed E-state index contributed by atoms with van der Waals surface area (Å²) in [6, 6.07) is 9.51. The van der Waals surface area contributed by atoms with E-state index in [4.69, 9.17) is 46.4 Å². The van der Waals surface area contributed by atoms with Crippen molar-refractivity contribution >= 4 is 83.9 Å². The Bertz CT molecular complexity index is 326. The van der Waals surface area contributed by atoms with Crippen molar-refractivity contribution in [3.63, 3.8) is 0 Å². The van der Waals surface area contributed by atoms with Gasteiger partial charge < -0.3 is 0 Å². The second-order valence-corrected chi connectivity index (χ2v) is 4.25. The summed E-state index contributed by atoms with van der Waals surface area (Å²) in [5.74, 6) is 0. The first-order valence-electron chi connectivity index (χ1n) is 5.53. The molecular weight excluding hydrogens is 191 g/mol. The summed E-state index contributed by atoms with van der Waals surface area (Å²) < 4.78 is 0. The van der Waals surface area contributed by atoms with Crippen molar-refractivity contribution < 1.29 is 0 Å². The molecule has 0 aromatic heterocycles. The van der Waals surface area contributed by atoms with E-state index in [2.05, 4.69) is 0 Å². The molecule has 0 N–H and O–H groups in total. The molecule has 17 heavy (non-hydrogen) atoms. The molecule has 0 unspecified atom stereocenters. The van der Waals surface area contributed by atoms with Gasteiger partial charge in [-0.15, -0.1) is 0 Å². The largest absolute Gasteiger partial charge is 0.0993 e. The molecule has 1 rings (SSSR count). The Morgan fingerprint density at radius 1 is 0.647 bits per heavy atom. The molecule has 0 heterocycles. The molecule has 1 aromatic rings. The molecular formula is C6H5B11. The van der Waals surface area contributed by atoms with Crippen LogP contribution in [0.15, 0.2) is 30.3 Å². The van der Waals surface area contributed by atoms with E-state index in [0.29, 0.717) is 0 Å². The van der Waals surface area contributed by atoms with Crippen LogP contribution in [0.2, 0.25) is 0 Å². The maximum atomic E-state index is 6.05. The van der Waals surface area contributed by atoms with Crippen LogP contribution in [0.1, 0.15) is 0 Å². The fourth-order valence-electron chi connectivity index (χ4n) is 1.87. The predicted molar refractivity (Wildman–Crippen MR) is 89.4 cm³/mol. The molecule has 0 aliphatic carbocycles. The highest BCUT2D eigenvalue weighted by Gasteiger charge is 2.32. The van der Waals surface area contributed by atoms with Gasteiger partial charge in [0, 0.05) is 72.0 Å². The van der Waals surface area contributed by atoms with Crippen LogP contribution in [0.4, 0.5) is 0 Å². The Morgan fingerprint density at radius 2 is 1.18 bits per heavy atom. The molecule has 0 aliphatic heterocycles. The van der Waals surface area contributed by atoms with Crippen molar-refractivity contribution in [2.75, 3.05) is 0 Å². The molecule has 0 saturated carbocycles. The van der Waals surface area contributed by atoms with E-state index < -0.39 is 25.5 Å². The van der Waals surface area contributed by atoms with Crippen molar-refractivity contribution in [2.45, 2.75) is 0 Å². The average molecular weight is 196 g/mol. The van der Waals surface area contributed by atoms with E-state index in [1.54, 1.807) is 0 Å². The normalized spacial score (nSPS) is 9.41. The highest BCUT2D eigenvalue weighted by Crippen LogP contribution is 1.96. The zero-order valence-corrected chi connectivity index (χ0v) is 9.74. The van der Waals surface area contributed by atoms with Gasteiger partial charge in [0.1, 0.15) is 0 Å². The van der Waals surface area contributed by atoms with Crippen molar-refractivity contribution in [1.29, 1.82) is 0 Å². The molecule has 62 valence electrons. The molecule has 0 aliphatic rings. The Balaban J connectivity index is 2.94. The minimum atomic E-state index is -0.699. The highest BCUT2D eigenvalue weighted by atomic mass is 13.8. The van der Waals surface area contributed by atoms with Crippen LogP contribution in [0.25, 0.3) is 0 Å². The Hall–Kier alpha value is -0.0657. The first kappa shape index (κ1) is 15.0. The van der Waals surface area contributed by atoms with Gasteiger partial charge in [-0.05, 0) is 0 Å². The molecule has 0 atom stereocenters. The van der Waals surface area contributed by atoms with Gasteiger partial charge in [-0.3, -0.25) is 0 Å². The topological polar surface area (TPSA) is 0 Å². The Labute approximate surface area is 114 Å². The maximum absolute atomic E-state index is 6.05. The SMILES string of the molecule is [B]B([B])B([B])B([B])B(B([B])[B])c1ccccc1. The minimum Gasteiger partial charge on any atom is -0.0993 e. The molecule has 0 bridgehead atoms. The van der Waals surface area contributed by atoms with E-state index >= 15 is 0 Å². The molecule has 11 heteroatoms. The van der Waals surface area contributed by atoms with Crippen molar-refractivity contribution in [3.8, 4) is 0 Å². The lowest BCUT2D eigenvalue weighted by atomic mass is 8.57. The van der Waals surface area contributed by atoms with Gasteiger partial charge in [0.15, 0.2) is 0 Å². The van der Waals surface area contributed by atoms with E-state index in [0.717, 1.165) is 5.46 Å². The van der Waals surface area contributed by atoms with Gasteiger partial charge in [0.05, 0.1) is 6.49 Å². The Morgan fingerprint density at radius 3 is 1.59 bits per heavy atom. The fourth-order valence-corrected chi connectivity index (χ4v) is 1.87. The van der Waals surface area contributed by atoms with E-state index in [1.165, 1.54) is 0 Å². The van der Waals surface area contributed by atoms with Crippen LogP contribution >= 0.6 is 0 Å². The summed E-state index contributed by atoms with van der Waals surface area (Å²) in [6.07, 6.45) is -2.36. The quantitative estimate of drug-likeness (QED) is 0.432. The summed E-state index contributed by atoms with van der Waals surface area (Å²) in [5.41, 5.74) is 0.936. The molecule has 0 fully saturated rings. The van der Waals surface area contributed by atoms with Crippen molar-refractivity contribution in [1.82, 2.24) is 0 Å². The molecule has 0 spiro atoms. The molecule has 0 amide bonds. The van der Waals surface area contributed by atoms with Gasteiger partial charge in [-0.1, -0.05) is 35.8 Å². The molecule has 0 nitrogen and oxygen atoms in total. The lowest BCUT2D eigenvalue weighted by molar-refractivity contribution is 1.77. The third kappa shape index (κ3) is 3.96. The third-order valence-electron chi connectivity index (χ3n) is 2.90. The summed E-state index contributed by atoms with van der Waals surface area (Å²) in [4.78, 5) is 0. The number of rotatable bonds is 5. The molecule has 1 aromatic carbocycles. The summed E-state index contributed by atoms with van der Waals surface area (Å²) >= 11 is 0. The average Bonchev–Trinajstić information content (AvgIpc) is 2.28. The van der Waals surface area contributed by atoms with Crippen LogP contribution in [-0.4, -0.2) is 78.5 Å². The van der Waals surface area contributed by atoms with Gasteiger partial charge in [-0.25, -0.2) is 0 Å². The van der Waals surface area contributed by atoms with E-state index in [-0.39, 0.29) is 6.49 Å². The van der Waals surface area contributed by atoms with Crippen LogP contribution < -0.4 is 5.46 Å². The number of hydrogen-bond donors (Lipinski definition) is 0. The smallest absolute Gasteiger partial charge is 0.0804 e. The van der Waals surface area contributed by atoms with Crippen LogP contribution in [0, 0.1) is 0 Å². The summed E-state index contributed by atoms with van der Waals surface area (Å²) in [5, 5.41) is 0. The van der Waals surface area contributed by atoms with Crippen LogP contribution in [-0.2, 0) is 0 Å².